The van der Waals surface area contributed by atoms with Crippen LogP contribution in [-0.2, 0) is 19.7 Å². The van der Waals surface area contributed by atoms with Gasteiger partial charge in [0.15, 0.2) is 5.96 Å². The van der Waals surface area contributed by atoms with Crippen molar-refractivity contribution in [1.82, 2.24) is 15.6 Å². The highest BCUT2D eigenvalue weighted by Crippen LogP contribution is 2.14. The van der Waals surface area contributed by atoms with Gasteiger partial charge < -0.3 is 15.4 Å². The average molecular weight is 494 g/mol. The molecule has 2 N–H and O–H groups in total. The van der Waals surface area contributed by atoms with Crippen LogP contribution in [0.2, 0.25) is 0 Å². The highest BCUT2D eigenvalue weighted by Gasteiger charge is 2.02. The van der Waals surface area contributed by atoms with Gasteiger partial charge in [0.05, 0.1) is 12.2 Å². The van der Waals surface area contributed by atoms with Gasteiger partial charge >= 0.3 is 0 Å². The molecule has 5 nitrogen and oxygen atoms in total. The fourth-order valence-electron chi connectivity index (χ4n) is 2.38. The van der Waals surface area contributed by atoms with Gasteiger partial charge in [0.25, 0.3) is 0 Å². The molecule has 0 radical (unpaired) electrons. The molecule has 3 rings (SSSR count). The number of rotatable bonds is 7. The van der Waals surface area contributed by atoms with Gasteiger partial charge in [-0.3, -0.25) is 9.98 Å². The van der Waals surface area contributed by atoms with Crippen LogP contribution >= 0.6 is 35.3 Å². The van der Waals surface area contributed by atoms with Crippen LogP contribution in [0.5, 0.6) is 5.75 Å². The maximum absolute atomic E-state index is 5.83. The number of halogens is 1. The fraction of sp³-hybridized carbons (Fsp3) is 0.200. The Bertz CT molecular complexity index is 825. The Morgan fingerprint density at radius 1 is 1.07 bits per heavy atom. The zero-order valence-electron chi connectivity index (χ0n) is 15.1. The Morgan fingerprint density at radius 3 is 2.70 bits per heavy atom. The summed E-state index contributed by atoms with van der Waals surface area (Å²) in [5, 5.41) is 8.71. The van der Waals surface area contributed by atoms with Crippen LogP contribution in [0, 0.1) is 0 Å². The van der Waals surface area contributed by atoms with Gasteiger partial charge in [0.2, 0.25) is 0 Å². The molecule has 0 saturated carbocycles. The van der Waals surface area contributed by atoms with Crippen molar-refractivity contribution in [1.29, 1.82) is 0 Å². The second-order valence-electron chi connectivity index (χ2n) is 5.62. The molecule has 0 fully saturated rings. The molecule has 27 heavy (non-hydrogen) atoms. The smallest absolute Gasteiger partial charge is 0.191 e. The summed E-state index contributed by atoms with van der Waals surface area (Å²) in [5.74, 6) is 1.61. The van der Waals surface area contributed by atoms with Crippen LogP contribution in [0.15, 0.2) is 71.2 Å². The zero-order valence-corrected chi connectivity index (χ0v) is 18.2. The molecule has 0 aliphatic rings. The normalized spacial score (nSPS) is 10.8. The van der Waals surface area contributed by atoms with E-state index in [1.54, 1.807) is 24.6 Å². The minimum absolute atomic E-state index is 0. The molecule has 3 aromatic rings. The second-order valence-corrected chi connectivity index (χ2v) is 6.65. The third kappa shape index (κ3) is 7.18. The van der Waals surface area contributed by atoms with Crippen molar-refractivity contribution >= 4 is 41.3 Å². The molecule has 2 heterocycles. The molecule has 0 saturated heterocycles. The van der Waals surface area contributed by atoms with Crippen molar-refractivity contribution < 1.29 is 4.74 Å². The summed E-state index contributed by atoms with van der Waals surface area (Å²) >= 11 is 1.73. The van der Waals surface area contributed by atoms with E-state index in [2.05, 4.69) is 38.1 Å². The largest absolute Gasteiger partial charge is 0.487 e. The van der Waals surface area contributed by atoms with E-state index in [4.69, 9.17) is 4.74 Å². The maximum Gasteiger partial charge on any atom is 0.191 e. The van der Waals surface area contributed by atoms with E-state index in [1.165, 1.54) is 4.88 Å². The summed E-state index contributed by atoms with van der Waals surface area (Å²) in [4.78, 5) is 9.80. The number of nitrogens with zero attached hydrogens (tertiary/aromatic N) is 2. The van der Waals surface area contributed by atoms with Gasteiger partial charge in [-0.15, -0.1) is 35.3 Å². The van der Waals surface area contributed by atoms with Gasteiger partial charge in [0.1, 0.15) is 12.4 Å². The summed E-state index contributed by atoms with van der Waals surface area (Å²) < 4.78 is 5.83. The second kappa shape index (κ2) is 11.6. The Balaban J connectivity index is 0.00000261. The molecule has 7 heteroatoms. The number of hydrogen-bond donors (Lipinski definition) is 2. The highest BCUT2D eigenvalue weighted by atomic mass is 127. The molecule has 2 aromatic heterocycles. The Hall–Kier alpha value is -2.13. The lowest BCUT2D eigenvalue weighted by molar-refractivity contribution is 0.301. The van der Waals surface area contributed by atoms with E-state index in [-0.39, 0.29) is 24.0 Å². The van der Waals surface area contributed by atoms with E-state index in [9.17, 15) is 0 Å². The Morgan fingerprint density at radius 2 is 1.96 bits per heavy atom. The lowest BCUT2D eigenvalue weighted by Gasteiger charge is -2.12. The van der Waals surface area contributed by atoms with E-state index in [1.807, 2.05) is 42.5 Å². The predicted octanol–water partition coefficient (Wildman–Crippen LogP) is 4.21. The molecular weight excluding hydrogens is 471 g/mol. The van der Waals surface area contributed by atoms with E-state index < -0.39 is 0 Å². The standard InChI is InChI=1S/C20H22N4OS.HI/c1-21-20(24-14-19-9-5-11-26-19)23-13-16-6-4-8-18(12-16)25-15-17-7-2-3-10-22-17;/h2-12H,13-15H2,1H3,(H2,21,23,24);1H. The van der Waals surface area contributed by atoms with Gasteiger partial charge in [-0.2, -0.15) is 0 Å². The van der Waals surface area contributed by atoms with Gasteiger partial charge in [0, 0.05) is 24.7 Å². The van der Waals surface area contributed by atoms with Crippen molar-refractivity contribution in [2.75, 3.05) is 7.05 Å². The first kappa shape index (κ1) is 21.2. The molecule has 0 amide bonds. The van der Waals surface area contributed by atoms with Crippen LogP contribution in [0.3, 0.4) is 0 Å². The van der Waals surface area contributed by atoms with Crippen molar-refractivity contribution in [3.05, 3.63) is 82.3 Å². The van der Waals surface area contributed by atoms with Crippen molar-refractivity contribution in [3.8, 4) is 5.75 Å². The van der Waals surface area contributed by atoms with Crippen molar-refractivity contribution in [3.63, 3.8) is 0 Å². The molecule has 0 aliphatic heterocycles. The number of aliphatic imine (C=N–C) groups is 1. The molecule has 0 bridgehead atoms. The number of guanidine groups is 1. The monoisotopic (exact) mass is 494 g/mol. The first-order chi connectivity index (χ1) is 12.8. The minimum atomic E-state index is 0. The zero-order chi connectivity index (χ0) is 18.0. The third-order valence-corrected chi connectivity index (χ3v) is 4.58. The molecule has 142 valence electrons. The minimum Gasteiger partial charge on any atom is -0.487 e. The highest BCUT2D eigenvalue weighted by molar-refractivity contribution is 14.0. The predicted molar refractivity (Wildman–Crippen MR) is 122 cm³/mol. The van der Waals surface area contributed by atoms with Crippen molar-refractivity contribution in [2.45, 2.75) is 19.7 Å². The number of pyridine rings is 1. The SMILES string of the molecule is CN=C(NCc1cccc(OCc2ccccn2)c1)NCc1cccs1.I. The van der Waals surface area contributed by atoms with Gasteiger partial charge in [-0.25, -0.2) is 0 Å². The lowest BCUT2D eigenvalue weighted by Crippen LogP contribution is -2.36. The van der Waals surface area contributed by atoms with Gasteiger partial charge in [-0.05, 0) is 41.3 Å². The molecule has 0 aliphatic carbocycles. The molecule has 1 aromatic carbocycles. The number of hydrogen-bond acceptors (Lipinski definition) is 4. The number of aromatic nitrogens is 1. The fourth-order valence-corrected chi connectivity index (χ4v) is 3.02. The lowest BCUT2D eigenvalue weighted by atomic mass is 10.2. The Kier molecular flexibility index (Phi) is 9.06. The quantitative estimate of drug-likeness (QED) is 0.294. The molecule has 0 unspecified atom stereocenters. The van der Waals surface area contributed by atoms with Crippen LogP contribution in [0.1, 0.15) is 16.1 Å². The summed E-state index contributed by atoms with van der Waals surface area (Å²) in [5.41, 5.74) is 2.04. The molecular formula is C20H23IN4OS. The summed E-state index contributed by atoms with van der Waals surface area (Å²) in [6.07, 6.45) is 1.77. The van der Waals surface area contributed by atoms with Gasteiger partial charge in [-0.1, -0.05) is 24.3 Å². The Labute approximate surface area is 180 Å². The third-order valence-electron chi connectivity index (χ3n) is 3.71. The summed E-state index contributed by atoms with van der Waals surface area (Å²) in [6.45, 7) is 1.90. The maximum atomic E-state index is 5.83. The van der Waals surface area contributed by atoms with Crippen LogP contribution in [0.25, 0.3) is 0 Å². The number of benzene rings is 1. The molecule has 0 spiro atoms. The van der Waals surface area contributed by atoms with E-state index in [0.29, 0.717) is 13.2 Å². The number of ether oxygens (including phenoxy) is 1. The van der Waals surface area contributed by atoms with Crippen LogP contribution in [-0.4, -0.2) is 18.0 Å². The average Bonchev–Trinajstić information content (AvgIpc) is 3.21. The number of thiophene rings is 1. The topological polar surface area (TPSA) is 58.5 Å². The van der Waals surface area contributed by atoms with Crippen molar-refractivity contribution in [2.24, 2.45) is 4.99 Å². The first-order valence-electron chi connectivity index (χ1n) is 8.42. The summed E-state index contributed by atoms with van der Waals surface area (Å²) in [6, 6.07) is 18.0. The van der Waals surface area contributed by atoms with E-state index >= 15 is 0 Å². The molecule has 0 atom stereocenters. The first-order valence-corrected chi connectivity index (χ1v) is 9.30. The summed E-state index contributed by atoms with van der Waals surface area (Å²) in [7, 11) is 1.77. The van der Waals surface area contributed by atoms with Crippen LogP contribution in [0.4, 0.5) is 0 Å². The van der Waals surface area contributed by atoms with E-state index in [0.717, 1.165) is 29.5 Å². The van der Waals surface area contributed by atoms with Crippen LogP contribution < -0.4 is 15.4 Å². The number of nitrogens with one attached hydrogen (secondary N) is 2.